The molecule has 0 bridgehead atoms. The first kappa shape index (κ1) is 9.33. The van der Waals surface area contributed by atoms with Crippen LogP contribution in [0.1, 0.15) is 6.92 Å². The quantitative estimate of drug-likeness (QED) is 0.389. The molecular weight excluding hydrogens is 123 g/mol. The third-order valence-corrected chi connectivity index (χ3v) is 0. The first-order chi connectivity index (χ1) is 1.73. The molecule has 0 spiro atoms. The van der Waals surface area contributed by atoms with E-state index in [1.165, 1.54) is 6.92 Å². The molecule has 0 heterocycles. The Morgan fingerprint density at radius 2 is 1.80 bits per heavy atom. The Morgan fingerprint density at radius 1 is 1.80 bits per heavy atom. The van der Waals surface area contributed by atoms with Crippen molar-refractivity contribution in [3.63, 3.8) is 0 Å². The van der Waals surface area contributed by atoms with Crippen molar-refractivity contribution in [2.75, 3.05) is 0 Å². The summed E-state index contributed by atoms with van der Waals surface area (Å²) >= 11 is 3.74. The molecule has 0 rings (SSSR count). The van der Waals surface area contributed by atoms with E-state index < -0.39 is 0 Å². The minimum absolute atomic E-state index is 0. The second-order valence-corrected chi connectivity index (χ2v) is 1.12. The summed E-state index contributed by atoms with van der Waals surface area (Å²) in [6.45, 7) is 1.36. The van der Waals surface area contributed by atoms with E-state index in [2.05, 4.69) is 15.5 Å². The largest absolute Gasteiger partial charge is 0.316 e. The fourth-order valence-electron chi connectivity index (χ4n) is 0. The van der Waals surface area contributed by atoms with Crippen LogP contribution in [-0.4, -0.2) is 27.8 Å². The summed E-state index contributed by atoms with van der Waals surface area (Å²) in [5.41, 5.74) is 0. The van der Waals surface area contributed by atoms with Crippen LogP contribution < -0.4 is 0 Å². The zero-order chi connectivity index (χ0) is 3.58. The maximum atomic E-state index is 9.28. The molecule has 0 amide bonds. The van der Waals surface area contributed by atoms with Gasteiger partial charge in [-0.3, -0.25) is 0 Å². The molecule has 5 heavy (non-hydrogen) atoms. The van der Waals surface area contributed by atoms with Gasteiger partial charge in [-0.15, -0.1) is 0 Å². The van der Waals surface area contributed by atoms with Crippen LogP contribution in [0.25, 0.3) is 0 Å². The summed E-state index contributed by atoms with van der Waals surface area (Å²) in [5, 5.41) is 0. The third-order valence-electron chi connectivity index (χ3n) is 0. The van der Waals surface area contributed by atoms with Crippen LogP contribution in [0, 0.1) is 0 Å². The van der Waals surface area contributed by atoms with Crippen LogP contribution in [0.15, 0.2) is 0 Å². The summed E-state index contributed by atoms with van der Waals surface area (Å²) in [7, 11) is 0. The summed E-state index contributed by atoms with van der Waals surface area (Å²) in [6.07, 6.45) is 0. The molecule has 0 aliphatic rings. The molecular formula is C2H5MgNiO. The molecule has 31 valence electrons. The average molecular weight is 128 g/mol. The number of hydrogen-bond donors (Lipinski definition) is 0. The predicted octanol–water partition coefficient (Wildman–Crippen LogP) is -0.837. The maximum absolute atomic E-state index is 9.28. The van der Waals surface area contributed by atoms with E-state index in [1.54, 1.807) is 0 Å². The minimum atomic E-state index is -0.208. The summed E-state index contributed by atoms with van der Waals surface area (Å²) in [4.78, 5) is 9.28. The SMILES string of the molecule is C[C](=O)[Ni].[MgH2]. The Morgan fingerprint density at radius 3 is 1.80 bits per heavy atom. The minimum Gasteiger partial charge on any atom is 0.316 e. The first-order valence-electron chi connectivity index (χ1n) is 0.862. The van der Waals surface area contributed by atoms with Gasteiger partial charge in [0.25, 0.3) is 0 Å². The molecule has 0 saturated heterocycles. The van der Waals surface area contributed by atoms with Gasteiger partial charge in [0.1, 0.15) is 0 Å². The van der Waals surface area contributed by atoms with Gasteiger partial charge in [-0.2, -0.15) is 0 Å². The monoisotopic (exact) mass is 127 g/mol. The molecule has 0 N–H and O–H groups in total. The van der Waals surface area contributed by atoms with Crippen molar-refractivity contribution < 1.29 is 20.3 Å². The van der Waals surface area contributed by atoms with E-state index in [-0.39, 0.29) is 27.8 Å². The van der Waals surface area contributed by atoms with Crippen LogP contribution in [0.3, 0.4) is 0 Å². The molecule has 0 aromatic carbocycles. The third kappa shape index (κ3) is 49.0. The summed E-state index contributed by atoms with van der Waals surface area (Å²) in [6, 6.07) is 0. The van der Waals surface area contributed by atoms with E-state index in [9.17, 15) is 4.79 Å². The Balaban J connectivity index is 0. The zero-order valence-electron chi connectivity index (χ0n) is 2.22. The second-order valence-electron chi connectivity index (χ2n) is 0.427. The maximum Gasteiger partial charge on any atom is 0.316 e. The fourth-order valence-corrected chi connectivity index (χ4v) is 0. The summed E-state index contributed by atoms with van der Waals surface area (Å²) in [5.74, 6) is 0. The topological polar surface area (TPSA) is 17.1 Å². The van der Waals surface area contributed by atoms with Gasteiger partial charge in [0, 0.05) is 0 Å². The molecule has 0 saturated carbocycles. The Labute approximate surface area is 55.0 Å². The molecule has 0 unspecified atom stereocenters. The van der Waals surface area contributed by atoms with E-state index in [4.69, 9.17) is 0 Å². The van der Waals surface area contributed by atoms with Crippen LogP contribution in [0.2, 0.25) is 0 Å². The van der Waals surface area contributed by atoms with Crippen molar-refractivity contribution in [2.24, 2.45) is 0 Å². The molecule has 0 fully saturated rings. The van der Waals surface area contributed by atoms with Crippen molar-refractivity contribution in [1.82, 2.24) is 0 Å². The van der Waals surface area contributed by atoms with Crippen LogP contribution in [0.5, 0.6) is 0 Å². The van der Waals surface area contributed by atoms with Gasteiger partial charge in [0.15, 0.2) is 0 Å². The Kier molecular flexibility index (Phi) is 9.20. The smallest absolute Gasteiger partial charge is 0.316 e. The normalized spacial score (nSPS) is 5.40. The van der Waals surface area contributed by atoms with Crippen molar-refractivity contribution in [2.45, 2.75) is 6.92 Å². The van der Waals surface area contributed by atoms with Gasteiger partial charge in [-0.05, 0) is 0 Å². The van der Waals surface area contributed by atoms with Gasteiger partial charge in [-0.25, -0.2) is 0 Å². The molecule has 0 atom stereocenters. The van der Waals surface area contributed by atoms with E-state index >= 15 is 0 Å². The van der Waals surface area contributed by atoms with Crippen molar-refractivity contribution >= 4 is 27.8 Å². The zero-order valence-corrected chi connectivity index (χ0v) is 3.21. The van der Waals surface area contributed by atoms with Gasteiger partial charge in [-0.1, -0.05) is 0 Å². The average Bonchev–Trinajstić information content (AvgIpc) is 0.811. The Bertz CT molecular complexity index is 32.6. The van der Waals surface area contributed by atoms with Crippen molar-refractivity contribution in [3.05, 3.63) is 0 Å². The molecule has 0 aromatic heterocycles. The van der Waals surface area contributed by atoms with Crippen LogP contribution in [-0.2, 0) is 20.3 Å². The molecule has 0 aliphatic carbocycles. The van der Waals surface area contributed by atoms with Crippen LogP contribution >= 0.6 is 0 Å². The molecule has 0 aliphatic heterocycles. The van der Waals surface area contributed by atoms with Crippen molar-refractivity contribution in [3.8, 4) is 0 Å². The predicted molar refractivity (Wildman–Crippen MR) is 19.2 cm³/mol. The van der Waals surface area contributed by atoms with Gasteiger partial charge >= 0.3 is 55.0 Å². The first-order valence-corrected chi connectivity index (χ1v) is 1.36. The van der Waals surface area contributed by atoms with Gasteiger partial charge < -0.3 is 0 Å². The van der Waals surface area contributed by atoms with E-state index in [0.29, 0.717) is 0 Å². The number of carbonyl (C=O) groups excluding carboxylic acids is 1. The van der Waals surface area contributed by atoms with Gasteiger partial charge in [0.2, 0.25) is 0 Å². The number of carbonyl (C=O) groups is 1. The number of rotatable bonds is 0. The van der Waals surface area contributed by atoms with E-state index in [1.807, 2.05) is 0 Å². The van der Waals surface area contributed by atoms with Crippen LogP contribution in [0.4, 0.5) is 0 Å². The van der Waals surface area contributed by atoms with Gasteiger partial charge in [0.05, 0.1) is 0 Å². The summed E-state index contributed by atoms with van der Waals surface area (Å²) < 4.78 is -0.208. The molecule has 3 heteroatoms. The second kappa shape index (κ2) is 4.93. The van der Waals surface area contributed by atoms with Crippen molar-refractivity contribution in [1.29, 1.82) is 0 Å². The molecule has 0 aromatic rings. The fraction of sp³-hybridized carbons (Fsp3) is 0.500. The number of hydrogen-bond acceptors (Lipinski definition) is 1. The standard InChI is InChI=1S/C2H3O.Mg.Ni.2H/c1-2-3;;;;/h1H3;;;;. The van der Waals surface area contributed by atoms with E-state index in [0.717, 1.165) is 0 Å². The Hall–Kier alpha value is 0.930. The molecule has 1 nitrogen and oxygen atoms in total. The molecule has 0 radical (unpaired) electrons.